The quantitative estimate of drug-likeness (QED) is 0.928. The first-order valence-electron chi connectivity index (χ1n) is 6.40. The zero-order valence-corrected chi connectivity index (χ0v) is 11.3. The summed E-state index contributed by atoms with van der Waals surface area (Å²) in [5.74, 6) is -0.524. The molecule has 0 fully saturated rings. The molecule has 0 aromatic heterocycles. The van der Waals surface area contributed by atoms with Gasteiger partial charge in [0.2, 0.25) is 5.91 Å². The predicted molar refractivity (Wildman–Crippen MR) is 77.9 cm³/mol. The van der Waals surface area contributed by atoms with E-state index in [0.29, 0.717) is 12.1 Å². The van der Waals surface area contributed by atoms with Gasteiger partial charge in [0.25, 0.3) is 0 Å². The first-order valence-corrected chi connectivity index (χ1v) is 6.40. The number of anilines is 1. The monoisotopic (exact) mass is 272 g/mol. The summed E-state index contributed by atoms with van der Waals surface area (Å²) < 4.78 is 12.9. The molecule has 3 nitrogen and oxygen atoms in total. The molecule has 0 heterocycles. The molecule has 0 saturated heterocycles. The SMILES string of the molecule is CN(C(=O)C(N)Cc1ccccc1)c1ccc(F)cc1. The average Bonchev–Trinajstić information content (AvgIpc) is 2.47. The predicted octanol–water partition coefficient (Wildman–Crippen LogP) is 2.36. The molecule has 2 aromatic carbocycles. The van der Waals surface area contributed by atoms with Crippen molar-refractivity contribution in [3.63, 3.8) is 0 Å². The molecule has 2 rings (SSSR count). The number of benzene rings is 2. The molecule has 4 heteroatoms. The number of nitrogens with zero attached hydrogens (tertiary/aromatic N) is 1. The van der Waals surface area contributed by atoms with Gasteiger partial charge in [-0.3, -0.25) is 4.79 Å². The summed E-state index contributed by atoms with van der Waals surface area (Å²) in [7, 11) is 1.64. The number of hydrogen-bond acceptors (Lipinski definition) is 2. The molecule has 0 aliphatic rings. The Labute approximate surface area is 117 Å². The number of halogens is 1. The Kier molecular flexibility index (Phi) is 4.48. The van der Waals surface area contributed by atoms with Gasteiger partial charge in [-0.2, -0.15) is 0 Å². The number of likely N-dealkylation sites (N-methyl/N-ethyl adjacent to an activating group) is 1. The molecule has 0 spiro atoms. The fraction of sp³-hybridized carbons (Fsp3) is 0.188. The summed E-state index contributed by atoms with van der Waals surface area (Å²) in [6.07, 6.45) is 0.477. The number of carbonyl (C=O) groups excluding carboxylic acids is 1. The van der Waals surface area contributed by atoms with Crippen molar-refractivity contribution in [2.24, 2.45) is 5.73 Å². The number of nitrogens with two attached hydrogens (primary N) is 1. The molecule has 1 unspecified atom stereocenters. The number of amides is 1. The Bertz CT molecular complexity index is 569. The molecule has 0 aliphatic carbocycles. The zero-order chi connectivity index (χ0) is 14.5. The summed E-state index contributed by atoms with van der Waals surface area (Å²) in [4.78, 5) is 13.7. The largest absolute Gasteiger partial charge is 0.320 e. The van der Waals surface area contributed by atoms with Gasteiger partial charge in [-0.15, -0.1) is 0 Å². The minimum atomic E-state index is -0.618. The van der Waals surface area contributed by atoms with Gasteiger partial charge < -0.3 is 10.6 Å². The maximum Gasteiger partial charge on any atom is 0.243 e. The lowest BCUT2D eigenvalue weighted by atomic mass is 10.1. The van der Waals surface area contributed by atoms with Gasteiger partial charge in [0.05, 0.1) is 6.04 Å². The standard InChI is InChI=1S/C16H17FN2O/c1-19(14-9-7-13(17)8-10-14)16(20)15(18)11-12-5-3-2-4-6-12/h2-10,15H,11,18H2,1H3. The van der Waals surface area contributed by atoms with E-state index in [1.54, 1.807) is 19.2 Å². The van der Waals surface area contributed by atoms with Crippen LogP contribution in [0, 0.1) is 5.82 Å². The third-order valence-electron chi connectivity index (χ3n) is 3.16. The van der Waals surface area contributed by atoms with Crippen LogP contribution in [-0.4, -0.2) is 19.0 Å². The molecule has 1 atom stereocenters. The van der Waals surface area contributed by atoms with E-state index in [-0.39, 0.29) is 11.7 Å². The van der Waals surface area contributed by atoms with Crippen LogP contribution < -0.4 is 10.6 Å². The van der Waals surface area contributed by atoms with E-state index >= 15 is 0 Å². The van der Waals surface area contributed by atoms with Gasteiger partial charge in [0.1, 0.15) is 5.82 Å². The minimum absolute atomic E-state index is 0.194. The van der Waals surface area contributed by atoms with Crippen molar-refractivity contribution >= 4 is 11.6 Å². The second-order valence-electron chi connectivity index (χ2n) is 4.67. The topological polar surface area (TPSA) is 46.3 Å². The summed E-state index contributed by atoms with van der Waals surface area (Å²) in [5.41, 5.74) is 7.59. The van der Waals surface area contributed by atoms with Crippen LogP contribution in [0.4, 0.5) is 10.1 Å². The Morgan fingerprint density at radius 2 is 1.75 bits per heavy atom. The molecule has 2 aromatic rings. The molecule has 0 bridgehead atoms. The Morgan fingerprint density at radius 1 is 1.15 bits per heavy atom. The maximum absolute atomic E-state index is 12.9. The fourth-order valence-corrected chi connectivity index (χ4v) is 2.00. The van der Waals surface area contributed by atoms with Crippen LogP contribution in [0.15, 0.2) is 54.6 Å². The van der Waals surface area contributed by atoms with Crippen molar-refractivity contribution in [3.8, 4) is 0 Å². The summed E-state index contributed by atoms with van der Waals surface area (Å²) in [6, 6.07) is 14.8. The summed E-state index contributed by atoms with van der Waals surface area (Å²) >= 11 is 0. The molecule has 0 aliphatic heterocycles. The van der Waals surface area contributed by atoms with Crippen molar-refractivity contribution in [1.82, 2.24) is 0 Å². The van der Waals surface area contributed by atoms with Crippen LogP contribution in [0.2, 0.25) is 0 Å². The summed E-state index contributed by atoms with van der Waals surface area (Å²) in [6.45, 7) is 0. The molecule has 20 heavy (non-hydrogen) atoms. The lowest BCUT2D eigenvalue weighted by Crippen LogP contribution is -2.43. The highest BCUT2D eigenvalue weighted by molar-refractivity contribution is 5.96. The van der Waals surface area contributed by atoms with Gasteiger partial charge in [-0.25, -0.2) is 4.39 Å². The van der Waals surface area contributed by atoms with Gasteiger partial charge in [0.15, 0.2) is 0 Å². The van der Waals surface area contributed by atoms with Crippen LogP contribution in [0.1, 0.15) is 5.56 Å². The Morgan fingerprint density at radius 3 is 2.35 bits per heavy atom. The second kappa shape index (κ2) is 6.30. The van der Waals surface area contributed by atoms with Crippen LogP contribution in [-0.2, 0) is 11.2 Å². The van der Waals surface area contributed by atoms with Crippen LogP contribution in [0.3, 0.4) is 0 Å². The van der Waals surface area contributed by atoms with Crippen molar-refractivity contribution in [2.75, 3.05) is 11.9 Å². The van der Waals surface area contributed by atoms with E-state index in [4.69, 9.17) is 5.73 Å². The second-order valence-corrected chi connectivity index (χ2v) is 4.67. The lowest BCUT2D eigenvalue weighted by molar-refractivity contribution is -0.119. The molecule has 2 N–H and O–H groups in total. The Hall–Kier alpha value is -2.20. The highest BCUT2D eigenvalue weighted by Crippen LogP contribution is 2.14. The Balaban J connectivity index is 2.04. The smallest absolute Gasteiger partial charge is 0.243 e. The van der Waals surface area contributed by atoms with Crippen molar-refractivity contribution in [3.05, 3.63) is 66.0 Å². The highest BCUT2D eigenvalue weighted by atomic mass is 19.1. The fourth-order valence-electron chi connectivity index (χ4n) is 2.00. The van der Waals surface area contributed by atoms with Crippen molar-refractivity contribution in [1.29, 1.82) is 0 Å². The number of carbonyl (C=O) groups is 1. The normalized spacial score (nSPS) is 11.9. The average molecular weight is 272 g/mol. The number of hydrogen-bond donors (Lipinski definition) is 1. The van der Waals surface area contributed by atoms with Gasteiger partial charge >= 0.3 is 0 Å². The lowest BCUT2D eigenvalue weighted by Gasteiger charge is -2.21. The van der Waals surface area contributed by atoms with Gasteiger partial charge in [-0.05, 0) is 36.2 Å². The van der Waals surface area contributed by atoms with Crippen LogP contribution in [0.5, 0.6) is 0 Å². The van der Waals surface area contributed by atoms with Gasteiger partial charge in [-0.1, -0.05) is 30.3 Å². The van der Waals surface area contributed by atoms with E-state index < -0.39 is 6.04 Å². The molecule has 0 radical (unpaired) electrons. The highest BCUT2D eigenvalue weighted by Gasteiger charge is 2.19. The van der Waals surface area contributed by atoms with E-state index in [1.807, 2.05) is 30.3 Å². The maximum atomic E-state index is 12.9. The summed E-state index contributed by atoms with van der Waals surface area (Å²) in [5, 5.41) is 0. The molecule has 0 saturated carbocycles. The third-order valence-corrected chi connectivity index (χ3v) is 3.16. The molecular formula is C16H17FN2O. The molecule has 1 amide bonds. The van der Waals surface area contributed by atoms with Gasteiger partial charge in [0, 0.05) is 12.7 Å². The van der Waals surface area contributed by atoms with E-state index in [1.165, 1.54) is 17.0 Å². The molecule has 104 valence electrons. The van der Waals surface area contributed by atoms with E-state index in [0.717, 1.165) is 5.56 Å². The van der Waals surface area contributed by atoms with E-state index in [2.05, 4.69) is 0 Å². The first-order chi connectivity index (χ1) is 9.58. The first kappa shape index (κ1) is 14.2. The zero-order valence-electron chi connectivity index (χ0n) is 11.3. The van der Waals surface area contributed by atoms with E-state index in [9.17, 15) is 9.18 Å². The molecular weight excluding hydrogens is 255 g/mol. The van der Waals surface area contributed by atoms with Crippen molar-refractivity contribution < 1.29 is 9.18 Å². The minimum Gasteiger partial charge on any atom is -0.320 e. The van der Waals surface area contributed by atoms with Crippen LogP contribution in [0.25, 0.3) is 0 Å². The third kappa shape index (κ3) is 3.42. The number of rotatable bonds is 4. The van der Waals surface area contributed by atoms with Crippen LogP contribution >= 0.6 is 0 Å². The van der Waals surface area contributed by atoms with Crippen molar-refractivity contribution in [2.45, 2.75) is 12.5 Å².